The number of nitrogens with zero attached hydrogens (tertiary/aromatic N) is 2. The van der Waals surface area contributed by atoms with E-state index in [-0.39, 0.29) is 11.6 Å². The molecule has 1 N–H and O–H groups in total. The van der Waals surface area contributed by atoms with E-state index < -0.39 is 10.8 Å². The third-order valence-electron chi connectivity index (χ3n) is 2.68. The van der Waals surface area contributed by atoms with Gasteiger partial charge in [0.15, 0.2) is 18.1 Å². The molecule has 0 atom stereocenters. The normalized spacial score (nSPS) is 10.5. The van der Waals surface area contributed by atoms with Gasteiger partial charge >= 0.3 is 5.00 Å². The SMILES string of the molecule is CCOc1ccccc1OCC(=O)NN=Cc1ccc([N+](=O)[O-])s1. The Bertz CT molecular complexity index is 744. The fourth-order valence-electron chi connectivity index (χ4n) is 1.70. The molecule has 9 heteroatoms. The van der Waals surface area contributed by atoms with E-state index in [1.807, 2.05) is 13.0 Å². The van der Waals surface area contributed by atoms with Crippen LogP contribution in [0.25, 0.3) is 0 Å². The van der Waals surface area contributed by atoms with E-state index in [1.54, 1.807) is 24.3 Å². The summed E-state index contributed by atoms with van der Waals surface area (Å²) in [5.74, 6) is 0.568. The Morgan fingerprint density at radius 2 is 2.00 bits per heavy atom. The molecule has 1 heterocycles. The molecule has 0 aliphatic heterocycles. The Kier molecular flexibility index (Phi) is 6.26. The van der Waals surface area contributed by atoms with Crippen LogP contribution in [-0.2, 0) is 4.79 Å². The highest BCUT2D eigenvalue weighted by atomic mass is 32.1. The second-order valence-electron chi connectivity index (χ2n) is 4.39. The van der Waals surface area contributed by atoms with Crippen LogP contribution in [0.15, 0.2) is 41.5 Å². The van der Waals surface area contributed by atoms with Crippen molar-refractivity contribution in [2.45, 2.75) is 6.92 Å². The van der Waals surface area contributed by atoms with E-state index in [0.29, 0.717) is 23.0 Å². The van der Waals surface area contributed by atoms with Gasteiger partial charge in [-0.05, 0) is 25.1 Å². The molecule has 2 rings (SSSR count). The second kappa shape index (κ2) is 8.63. The quantitative estimate of drug-likeness (QED) is 0.448. The molecule has 0 aliphatic carbocycles. The molecule has 1 amide bonds. The molecule has 0 radical (unpaired) electrons. The van der Waals surface area contributed by atoms with Crippen LogP contribution in [-0.4, -0.2) is 30.3 Å². The van der Waals surface area contributed by atoms with Gasteiger partial charge in [0, 0.05) is 6.07 Å². The predicted octanol–water partition coefficient (Wildman–Crippen LogP) is 2.58. The standard InChI is InChI=1S/C15H15N3O5S/c1-2-22-12-5-3-4-6-13(12)23-10-14(19)17-16-9-11-7-8-15(24-11)18(20)21/h3-9H,2,10H2,1H3,(H,17,19). The summed E-state index contributed by atoms with van der Waals surface area (Å²) in [6.07, 6.45) is 1.34. The van der Waals surface area contributed by atoms with E-state index in [4.69, 9.17) is 9.47 Å². The van der Waals surface area contributed by atoms with Crippen molar-refractivity contribution in [1.29, 1.82) is 0 Å². The lowest BCUT2D eigenvalue weighted by molar-refractivity contribution is -0.380. The molecule has 0 unspecified atom stereocenters. The van der Waals surface area contributed by atoms with Crippen LogP contribution in [0.3, 0.4) is 0 Å². The summed E-state index contributed by atoms with van der Waals surface area (Å²) in [7, 11) is 0. The fraction of sp³-hybridized carbons (Fsp3) is 0.200. The first-order valence-electron chi connectivity index (χ1n) is 7.01. The first kappa shape index (κ1) is 17.4. The highest BCUT2D eigenvalue weighted by molar-refractivity contribution is 7.16. The van der Waals surface area contributed by atoms with Gasteiger partial charge in [-0.3, -0.25) is 14.9 Å². The van der Waals surface area contributed by atoms with Gasteiger partial charge in [-0.15, -0.1) is 0 Å². The van der Waals surface area contributed by atoms with Crippen LogP contribution in [0.4, 0.5) is 5.00 Å². The topological polar surface area (TPSA) is 103 Å². The van der Waals surface area contributed by atoms with Crippen molar-refractivity contribution in [2.75, 3.05) is 13.2 Å². The Hall–Kier alpha value is -2.94. The van der Waals surface area contributed by atoms with Crippen LogP contribution in [0.1, 0.15) is 11.8 Å². The van der Waals surface area contributed by atoms with Crippen molar-refractivity contribution < 1.29 is 19.2 Å². The van der Waals surface area contributed by atoms with Crippen LogP contribution < -0.4 is 14.9 Å². The maximum atomic E-state index is 11.7. The van der Waals surface area contributed by atoms with Gasteiger partial charge in [0.05, 0.1) is 22.6 Å². The minimum atomic E-state index is -0.482. The van der Waals surface area contributed by atoms with Crippen LogP contribution in [0, 0.1) is 10.1 Å². The summed E-state index contributed by atoms with van der Waals surface area (Å²) in [4.78, 5) is 22.3. The molecule has 24 heavy (non-hydrogen) atoms. The molecule has 0 saturated heterocycles. The number of hydrogen-bond donors (Lipinski definition) is 1. The molecule has 1 aromatic carbocycles. The van der Waals surface area contributed by atoms with Crippen LogP contribution in [0.2, 0.25) is 0 Å². The van der Waals surface area contributed by atoms with Crippen molar-refractivity contribution in [3.05, 3.63) is 51.4 Å². The Morgan fingerprint density at radius 3 is 2.62 bits per heavy atom. The van der Waals surface area contributed by atoms with Crippen molar-refractivity contribution in [1.82, 2.24) is 5.43 Å². The zero-order valence-electron chi connectivity index (χ0n) is 12.8. The molecular weight excluding hydrogens is 334 g/mol. The average Bonchev–Trinajstić information content (AvgIpc) is 3.03. The van der Waals surface area contributed by atoms with Gasteiger partial charge in [-0.1, -0.05) is 23.5 Å². The number of nitrogens with one attached hydrogen (secondary N) is 1. The Labute approximate surface area is 141 Å². The van der Waals surface area contributed by atoms with Gasteiger partial charge in [0.25, 0.3) is 5.91 Å². The largest absolute Gasteiger partial charge is 0.490 e. The zero-order valence-corrected chi connectivity index (χ0v) is 13.6. The van der Waals surface area contributed by atoms with E-state index in [1.165, 1.54) is 12.3 Å². The molecule has 1 aromatic heterocycles. The van der Waals surface area contributed by atoms with Crippen LogP contribution in [0.5, 0.6) is 11.5 Å². The molecule has 2 aromatic rings. The monoisotopic (exact) mass is 349 g/mol. The summed E-state index contributed by atoms with van der Waals surface area (Å²) >= 11 is 0.963. The van der Waals surface area contributed by atoms with Gasteiger partial charge in [-0.2, -0.15) is 5.10 Å². The van der Waals surface area contributed by atoms with E-state index in [0.717, 1.165) is 11.3 Å². The van der Waals surface area contributed by atoms with Crippen molar-refractivity contribution in [3.63, 3.8) is 0 Å². The number of benzene rings is 1. The molecule has 0 spiro atoms. The van der Waals surface area contributed by atoms with Gasteiger partial charge in [0.2, 0.25) is 0 Å². The minimum absolute atomic E-state index is 0.0126. The number of nitro groups is 1. The maximum absolute atomic E-state index is 11.7. The average molecular weight is 349 g/mol. The number of hydrazone groups is 1. The van der Waals surface area contributed by atoms with E-state index in [2.05, 4.69) is 10.5 Å². The second-order valence-corrected chi connectivity index (χ2v) is 5.49. The minimum Gasteiger partial charge on any atom is -0.490 e. The third kappa shape index (κ3) is 5.06. The lowest BCUT2D eigenvalue weighted by Crippen LogP contribution is -2.24. The lowest BCUT2D eigenvalue weighted by Gasteiger charge is -2.10. The summed E-state index contributed by atoms with van der Waals surface area (Å²) < 4.78 is 10.8. The molecule has 126 valence electrons. The summed E-state index contributed by atoms with van der Waals surface area (Å²) in [5, 5.41) is 14.3. The van der Waals surface area contributed by atoms with Gasteiger partial charge in [-0.25, -0.2) is 5.43 Å². The molecule has 0 fully saturated rings. The zero-order chi connectivity index (χ0) is 17.4. The highest BCUT2D eigenvalue weighted by Crippen LogP contribution is 2.26. The fourth-order valence-corrected chi connectivity index (χ4v) is 2.39. The van der Waals surface area contributed by atoms with Gasteiger partial charge < -0.3 is 9.47 Å². The highest BCUT2D eigenvalue weighted by Gasteiger charge is 2.09. The Morgan fingerprint density at radius 1 is 1.29 bits per heavy atom. The van der Waals surface area contributed by atoms with E-state index in [9.17, 15) is 14.9 Å². The lowest BCUT2D eigenvalue weighted by atomic mass is 10.3. The molecule has 8 nitrogen and oxygen atoms in total. The van der Waals surface area contributed by atoms with Crippen molar-refractivity contribution in [2.24, 2.45) is 5.10 Å². The number of thiophene rings is 1. The first-order chi connectivity index (χ1) is 11.6. The Balaban J connectivity index is 1.83. The molecule has 0 saturated carbocycles. The number of rotatable bonds is 8. The van der Waals surface area contributed by atoms with E-state index >= 15 is 0 Å². The smallest absolute Gasteiger partial charge is 0.324 e. The number of hydrogen-bond acceptors (Lipinski definition) is 7. The summed E-state index contributed by atoms with van der Waals surface area (Å²) in [5.41, 5.74) is 2.29. The van der Waals surface area contributed by atoms with Gasteiger partial charge in [0.1, 0.15) is 0 Å². The third-order valence-corrected chi connectivity index (χ3v) is 3.65. The first-order valence-corrected chi connectivity index (χ1v) is 7.82. The van der Waals surface area contributed by atoms with Crippen LogP contribution >= 0.6 is 11.3 Å². The van der Waals surface area contributed by atoms with Crippen molar-refractivity contribution in [3.8, 4) is 11.5 Å². The number of para-hydroxylation sites is 2. The number of carbonyl (C=O) groups excluding carboxylic acids is 1. The number of ether oxygens (including phenoxy) is 2. The van der Waals surface area contributed by atoms with Crippen molar-refractivity contribution >= 4 is 28.5 Å². The number of carbonyl (C=O) groups is 1. The molecular formula is C15H15N3O5S. The predicted molar refractivity (Wildman–Crippen MR) is 89.8 cm³/mol. The summed E-state index contributed by atoms with van der Waals surface area (Å²) in [6.45, 7) is 2.11. The molecule has 0 aliphatic rings. The number of amides is 1. The molecule has 0 bridgehead atoms. The summed E-state index contributed by atoms with van der Waals surface area (Å²) in [6, 6.07) is 9.96. The maximum Gasteiger partial charge on any atom is 0.324 e.